The van der Waals surface area contributed by atoms with Gasteiger partial charge in [-0.25, -0.2) is 0 Å². The van der Waals surface area contributed by atoms with Crippen molar-refractivity contribution in [3.63, 3.8) is 0 Å². The molecule has 0 radical (unpaired) electrons. The van der Waals surface area contributed by atoms with E-state index >= 15 is 0 Å². The van der Waals surface area contributed by atoms with Crippen LogP contribution in [-0.2, 0) is 21.4 Å². The van der Waals surface area contributed by atoms with Gasteiger partial charge in [-0.2, -0.15) is 5.10 Å². The molecule has 1 unspecified atom stereocenters. The van der Waals surface area contributed by atoms with E-state index in [2.05, 4.69) is 0 Å². The molecule has 0 saturated carbocycles. The number of amides is 2. The molecule has 1 saturated heterocycles. The Morgan fingerprint density at radius 2 is 1.86 bits per heavy atom. The number of thioether (sulfide) groups is 1. The number of ether oxygens (including phenoxy) is 3. The summed E-state index contributed by atoms with van der Waals surface area (Å²) >= 11 is 1.54. The van der Waals surface area contributed by atoms with Crippen LogP contribution in [0.5, 0.6) is 11.5 Å². The van der Waals surface area contributed by atoms with Crippen molar-refractivity contribution in [2.75, 3.05) is 50.3 Å². The van der Waals surface area contributed by atoms with E-state index in [0.29, 0.717) is 43.6 Å². The first kappa shape index (κ1) is 22.9. The maximum absolute atomic E-state index is 13.5. The summed E-state index contributed by atoms with van der Waals surface area (Å²) in [6, 6.07) is 15.8. The van der Waals surface area contributed by atoms with Gasteiger partial charge in [0.1, 0.15) is 12.4 Å². The van der Waals surface area contributed by atoms with E-state index in [1.54, 1.807) is 14.5 Å². The molecule has 4 heterocycles. The average molecular weight is 507 g/mol. The number of carbonyl (C=O) groups excluding carboxylic acids is 2. The molecular weight excluding hydrogens is 480 g/mol. The second-order valence-electron chi connectivity index (χ2n) is 8.85. The van der Waals surface area contributed by atoms with Gasteiger partial charge in [-0.3, -0.25) is 19.2 Å². The van der Waals surface area contributed by atoms with Gasteiger partial charge in [0.05, 0.1) is 29.9 Å². The van der Waals surface area contributed by atoms with Gasteiger partial charge in [0, 0.05) is 31.3 Å². The second kappa shape index (κ2) is 9.51. The highest BCUT2D eigenvalue weighted by Crippen LogP contribution is 2.49. The molecular formula is C26H26N4O5S. The zero-order chi connectivity index (χ0) is 24.6. The van der Waals surface area contributed by atoms with Crippen LogP contribution in [0.3, 0.4) is 0 Å². The highest BCUT2D eigenvalue weighted by molar-refractivity contribution is 8.00. The Labute approximate surface area is 212 Å². The number of carbonyl (C=O) groups is 2. The third-order valence-electron chi connectivity index (χ3n) is 6.65. The van der Waals surface area contributed by atoms with Crippen molar-refractivity contribution in [3.8, 4) is 22.8 Å². The van der Waals surface area contributed by atoms with Gasteiger partial charge in [-0.15, -0.1) is 11.8 Å². The Bertz CT molecular complexity index is 1310. The fraction of sp³-hybridized carbons (Fsp3) is 0.346. The lowest BCUT2D eigenvalue weighted by atomic mass is 9.99. The first-order valence-corrected chi connectivity index (χ1v) is 12.9. The van der Waals surface area contributed by atoms with Crippen molar-refractivity contribution >= 4 is 29.4 Å². The van der Waals surface area contributed by atoms with E-state index in [1.807, 2.05) is 55.6 Å². The summed E-state index contributed by atoms with van der Waals surface area (Å²) in [6.45, 7) is 2.24. The molecule has 3 aromatic rings. The van der Waals surface area contributed by atoms with Gasteiger partial charge in [-0.1, -0.05) is 36.4 Å². The molecule has 9 nitrogen and oxygen atoms in total. The zero-order valence-electron chi connectivity index (χ0n) is 19.9. The highest BCUT2D eigenvalue weighted by atomic mass is 32.2. The number of hydrogen-bond acceptors (Lipinski definition) is 7. The fourth-order valence-electron chi connectivity index (χ4n) is 4.89. The molecule has 10 heteroatoms. The number of aromatic nitrogens is 2. The lowest BCUT2D eigenvalue weighted by Crippen LogP contribution is -2.48. The SMILES string of the molecule is Cn1nc(-c2ccccc2)c2c1N(CC(=O)N1CCOCC1)C(=O)CSC2c1ccc2c(c1)OCO2. The minimum atomic E-state index is -0.189. The second-order valence-corrected chi connectivity index (χ2v) is 9.95. The summed E-state index contributed by atoms with van der Waals surface area (Å²) in [5.74, 6) is 2.07. The molecule has 1 fully saturated rings. The maximum Gasteiger partial charge on any atom is 0.242 e. The van der Waals surface area contributed by atoms with E-state index in [1.165, 1.54) is 11.8 Å². The fourth-order valence-corrected chi connectivity index (χ4v) is 6.07. The summed E-state index contributed by atoms with van der Waals surface area (Å²) in [4.78, 5) is 30.1. The quantitative estimate of drug-likeness (QED) is 0.538. The number of morpholine rings is 1. The molecule has 6 rings (SSSR count). The van der Waals surface area contributed by atoms with Gasteiger partial charge in [0.15, 0.2) is 11.5 Å². The molecule has 1 atom stereocenters. The molecule has 0 aliphatic carbocycles. The standard InChI is InChI=1S/C26H26N4O5S/c1-28-26-23(24(27-28)17-5-3-2-4-6-17)25(18-7-8-19-20(13-18)35-16-34-19)36-15-22(32)30(26)14-21(31)29-9-11-33-12-10-29/h2-8,13,25H,9-12,14-16H2,1H3. The molecule has 186 valence electrons. The molecule has 3 aliphatic heterocycles. The van der Waals surface area contributed by atoms with Crippen molar-refractivity contribution in [2.24, 2.45) is 7.05 Å². The third-order valence-corrected chi connectivity index (χ3v) is 7.90. The lowest BCUT2D eigenvalue weighted by Gasteiger charge is -2.30. The Morgan fingerprint density at radius 3 is 2.67 bits per heavy atom. The molecule has 36 heavy (non-hydrogen) atoms. The van der Waals surface area contributed by atoms with Crippen LogP contribution >= 0.6 is 11.8 Å². The molecule has 2 aromatic carbocycles. The number of benzene rings is 2. The number of hydrogen-bond donors (Lipinski definition) is 0. The smallest absolute Gasteiger partial charge is 0.242 e. The predicted molar refractivity (Wildman–Crippen MR) is 135 cm³/mol. The summed E-state index contributed by atoms with van der Waals surface area (Å²) in [7, 11) is 1.83. The Kier molecular flexibility index (Phi) is 6.06. The Hall–Kier alpha value is -3.50. The van der Waals surface area contributed by atoms with E-state index in [4.69, 9.17) is 19.3 Å². The van der Waals surface area contributed by atoms with E-state index in [-0.39, 0.29) is 36.2 Å². The van der Waals surface area contributed by atoms with Crippen LogP contribution < -0.4 is 14.4 Å². The van der Waals surface area contributed by atoms with Crippen LogP contribution in [0.25, 0.3) is 11.3 Å². The third kappa shape index (κ3) is 4.10. The molecule has 0 N–H and O–H groups in total. The van der Waals surface area contributed by atoms with Crippen LogP contribution in [0.2, 0.25) is 0 Å². The van der Waals surface area contributed by atoms with Crippen LogP contribution in [-0.4, -0.2) is 71.9 Å². The lowest BCUT2D eigenvalue weighted by molar-refractivity contribution is -0.134. The monoisotopic (exact) mass is 506 g/mol. The summed E-state index contributed by atoms with van der Waals surface area (Å²) < 4.78 is 18.3. The molecule has 3 aliphatic rings. The van der Waals surface area contributed by atoms with Crippen LogP contribution in [0.15, 0.2) is 48.5 Å². The minimum absolute atomic E-state index is 0.0337. The van der Waals surface area contributed by atoms with Crippen LogP contribution in [0.4, 0.5) is 5.82 Å². The number of anilines is 1. The normalized spacial score (nSPS) is 19.2. The first-order chi connectivity index (χ1) is 17.6. The van der Waals surface area contributed by atoms with Crippen molar-refractivity contribution in [1.29, 1.82) is 0 Å². The number of aryl methyl sites for hydroxylation is 1. The Morgan fingerprint density at radius 1 is 1.08 bits per heavy atom. The zero-order valence-corrected chi connectivity index (χ0v) is 20.7. The van der Waals surface area contributed by atoms with Crippen molar-refractivity contribution in [1.82, 2.24) is 14.7 Å². The summed E-state index contributed by atoms with van der Waals surface area (Å²) in [5.41, 5.74) is 3.65. The van der Waals surface area contributed by atoms with Gasteiger partial charge in [0.25, 0.3) is 0 Å². The van der Waals surface area contributed by atoms with E-state index in [9.17, 15) is 9.59 Å². The van der Waals surface area contributed by atoms with Gasteiger partial charge in [0.2, 0.25) is 18.6 Å². The van der Waals surface area contributed by atoms with Gasteiger partial charge >= 0.3 is 0 Å². The topological polar surface area (TPSA) is 86.1 Å². The number of fused-ring (bicyclic) bond motifs is 2. The minimum Gasteiger partial charge on any atom is -0.454 e. The van der Waals surface area contributed by atoms with Crippen LogP contribution in [0.1, 0.15) is 16.4 Å². The molecule has 2 amide bonds. The largest absolute Gasteiger partial charge is 0.454 e. The van der Waals surface area contributed by atoms with Gasteiger partial charge < -0.3 is 19.1 Å². The van der Waals surface area contributed by atoms with Crippen LogP contribution in [0, 0.1) is 0 Å². The predicted octanol–water partition coefficient (Wildman–Crippen LogP) is 2.84. The summed E-state index contributed by atoms with van der Waals surface area (Å²) in [6.07, 6.45) is 0. The molecule has 0 bridgehead atoms. The Balaban J connectivity index is 1.46. The van der Waals surface area contributed by atoms with Crippen molar-refractivity contribution < 1.29 is 23.8 Å². The first-order valence-electron chi connectivity index (χ1n) is 11.9. The highest BCUT2D eigenvalue weighted by Gasteiger charge is 2.37. The van der Waals surface area contributed by atoms with Crippen molar-refractivity contribution in [3.05, 3.63) is 59.7 Å². The molecule has 0 spiro atoms. The number of rotatable bonds is 4. The maximum atomic E-state index is 13.5. The van der Waals surface area contributed by atoms with E-state index in [0.717, 1.165) is 22.4 Å². The van der Waals surface area contributed by atoms with Gasteiger partial charge in [-0.05, 0) is 17.7 Å². The summed E-state index contributed by atoms with van der Waals surface area (Å²) in [5, 5.41) is 4.68. The van der Waals surface area contributed by atoms with E-state index < -0.39 is 0 Å². The number of nitrogens with zero attached hydrogens (tertiary/aromatic N) is 4. The van der Waals surface area contributed by atoms with Crippen molar-refractivity contribution in [2.45, 2.75) is 5.25 Å². The average Bonchev–Trinajstić information content (AvgIpc) is 3.48. The molecule has 1 aromatic heterocycles.